The highest BCUT2D eigenvalue weighted by atomic mass is 19.4. The summed E-state index contributed by atoms with van der Waals surface area (Å²) in [5.74, 6) is -0.397. The lowest BCUT2D eigenvalue weighted by Crippen LogP contribution is -2.26. The molecule has 0 bridgehead atoms. The number of halogens is 3. The van der Waals surface area contributed by atoms with Crippen molar-refractivity contribution in [1.29, 1.82) is 0 Å². The Morgan fingerprint density at radius 1 is 1.26 bits per heavy atom. The third kappa shape index (κ3) is 4.03. The van der Waals surface area contributed by atoms with E-state index >= 15 is 0 Å². The monoisotopic (exact) mass is 327 g/mol. The van der Waals surface area contributed by atoms with E-state index in [2.05, 4.69) is 17.2 Å². The Morgan fingerprint density at radius 2 is 2.00 bits per heavy atom. The second-order valence-electron chi connectivity index (χ2n) is 5.51. The van der Waals surface area contributed by atoms with E-state index in [9.17, 15) is 18.0 Å². The average molecular weight is 327 g/mol. The maximum Gasteiger partial charge on any atom is 0.417 e. The minimum absolute atomic E-state index is 0.154. The van der Waals surface area contributed by atoms with Crippen molar-refractivity contribution in [3.05, 3.63) is 35.3 Å². The van der Waals surface area contributed by atoms with E-state index in [-0.39, 0.29) is 5.69 Å². The number of nitrogens with zero attached hydrogens (tertiary/aromatic N) is 2. The highest BCUT2D eigenvalue weighted by Crippen LogP contribution is 2.29. The zero-order valence-electron chi connectivity index (χ0n) is 13.2. The van der Waals surface area contributed by atoms with Crippen LogP contribution in [0.1, 0.15) is 54.4 Å². The highest BCUT2D eigenvalue weighted by molar-refractivity contribution is 5.94. The number of hydrogen-bond acceptors (Lipinski definition) is 2. The molecule has 0 aliphatic heterocycles. The fraction of sp³-hybridized carbons (Fsp3) is 0.500. The molecule has 4 nitrogen and oxygen atoms in total. The van der Waals surface area contributed by atoms with Crippen LogP contribution in [-0.2, 0) is 6.18 Å². The summed E-state index contributed by atoms with van der Waals surface area (Å²) in [7, 11) is 0. The molecule has 0 saturated heterocycles. The highest BCUT2D eigenvalue weighted by Gasteiger charge is 2.31. The van der Waals surface area contributed by atoms with E-state index in [4.69, 9.17) is 0 Å². The number of hydrogen-bond donors (Lipinski definition) is 1. The molecule has 126 valence electrons. The first-order valence-electron chi connectivity index (χ1n) is 7.68. The maximum atomic E-state index is 12.8. The van der Waals surface area contributed by atoms with Crippen molar-refractivity contribution in [3.63, 3.8) is 0 Å². The molecular formula is C16H20F3N3O. The summed E-state index contributed by atoms with van der Waals surface area (Å²) in [6.45, 7) is 4.22. The standard InChI is InChI=1S/C16H20F3N3O/c1-3-4-5-6-9-20-15(23)14-11(2)21-13-8-7-12(10-22(13)14)16(17,18)19/h7-8,10H,3-6,9H2,1-2H3,(H,20,23). The number of unbranched alkanes of at least 4 members (excludes halogenated alkanes) is 3. The van der Waals surface area contributed by atoms with Crippen LogP contribution in [0.15, 0.2) is 18.3 Å². The van der Waals surface area contributed by atoms with Gasteiger partial charge in [-0.1, -0.05) is 26.2 Å². The molecule has 2 aromatic rings. The van der Waals surface area contributed by atoms with Gasteiger partial charge in [0.1, 0.15) is 11.3 Å². The lowest BCUT2D eigenvalue weighted by molar-refractivity contribution is -0.137. The molecule has 0 aromatic carbocycles. The van der Waals surface area contributed by atoms with Crippen LogP contribution < -0.4 is 5.32 Å². The largest absolute Gasteiger partial charge is 0.417 e. The van der Waals surface area contributed by atoms with Crippen LogP contribution in [0.3, 0.4) is 0 Å². The first-order valence-corrected chi connectivity index (χ1v) is 7.68. The third-order valence-electron chi connectivity index (χ3n) is 3.65. The maximum absolute atomic E-state index is 12.8. The molecule has 1 N–H and O–H groups in total. The van der Waals surface area contributed by atoms with Crippen LogP contribution in [-0.4, -0.2) is 21.8 Å². The van der Waals surface area contributed by atoms with Gasteiger partial charge >= 0.3 is 6.18 Å². The summed E-state index contributed by atoms with van der Waals surface area (Å²) in [4.78, 5) is 16.4. The Bertz CT molecular complexity index is 692. The number of nitrogens with one attached hydrogen (secondary N) is 1. The van der Waals surface area contributed by atoms with E-state index in [0.717, 1.165) is 37.9 Å². The summed E-state index contributed by atoms with van der Waals surface area (Å²) < 4.78 is 39.7. The van der Waals surface area contributed by atoms with Crippen molar-refractivity contribution >= 4 is 11.6 Å². The van der Waals surface area contributed by atoms with Crippen molar-refractivity contribution in [2.24, 2.45) is 0 Å². The Balaban J connectivity index is 2.21. The van der Waals surface area contributed by atoms with Crippen molar-refractivity contribution in [3.8, 4) is 0 Å². The second-order valence-corrected chi connectivity index (χ2v) is 5.51. The molecular weight excluding hydrogens is 307 g/mol. The molecule has 1 amide bonds. The number of carbonyl (C=O) groups excluding carboxylic acids is 1. The van der Waals surface area contributed by atoms with Gasteiger partial charge in [0.05, 0.1) is 11.3 Å². The SMILES string of the molecule is CCCCCCNC(=O)c1c(C)nc2ccc(C(F)(F)F)cn12. The molecule has 0 aliphatic carbocycles. The molecule has 2 rings (SSSR count). The van der Waals surface area contributed by atoms with Gasteiger partial charge in [-0.2, -0.15) is 13.2 Å². The van der Waals surface area contributed by atoms with Gasteiger partial charge in [0, 0.05) is 12.7 Å². The van der Waals surface area contributed by atoms with Crippen LogP contribution in [0.4, 0.5) is 13.2 Å². The van der Waals surface area contributed by atoms with E-state index in [1.807, 2.05) is 0 Å². The van der Waals surface area contributed by atoms with Crippen LogP contribution >= 0.6 is 0 Å². The quantitative estimate of drug-likeness (QED) is 0.816. The average Bonchev–Trinajstić information content (AvgIpc) is 2.80. The number of aryl methyl sites for hydroxylation is 1. The minimum atomic E-state index is -4.46. The van der Waals surface area contributed by atoms with Gasteiger partial charge < -0.3 is 5.32 Å². The Morgan fingerprint density at radius 3 is 2.65 bits per heavy atom. The molecule has 0 spiro atoms. The Labute approximate surface area is 132 Å². The van der Waals surface area contributed by atoms with Gasteiger partial charge in [-0.3, -0.25) is 9.20 Å². The predicted octanol–water partition coefficient (Wildman–Crippen LogP) is 3.97. The number of aromatic nitrogens is 2. The first-order chi connectivity index (χ1) is 10.8. The molecule has 7 heteroatoms. The summed E-state index contributed by atoms with van der Waals surface area (Å²) in [6.07, 6.45) is 0.520. The molecule has 0 saturated carbocycles. The number of pyridine rings is 1. The van der Waals surface area contributed by atoms with Crippen LogP contribution in [0, 0.1) is 6.92 Å². The minimum Gasteiger partial charge on any atom is -0.351 e. The predicted molar refractivity (Wildman–Crippen MR) is 81.4 cm³/mol. The molecule has 2 aromatic heterocycles. The van der Waals surface area contributed by atoms with E-state index in [1.54, 1.807) is 6.92 Å². The van der Waals surface area contributed by atoms with Crippen molar-refractivity contribution < 1.29 is 18.0 Å². The molecule has 2 heterocycles. The zero-order valence-corrected chi connectivity index (χ0v) is 13.2. The number of carbonyl (C=O) groups is 1. The second kappa shape index (κ2) is 7.02. The van der Waals surface area contributed by atoms with Crippen molar-refractivity contribution in [1.82, 2.24) is 14.7 Å². The van der Waals surface area contributed by atoms with Crippen LogP contribution in [0.25, 0.3) is 5.65 Å². The topological polar surface area (TPSA) is 46.4 Å². The smallest absolute Gasteiger partial charge is 0.351 e. The molecule has 0 atom stereocenters. The Hall–Kier alpha value is -2.05. The summed E-state index contributed by atoms with van der Waals surface area (Å²) in [5.41, 5.74) is 0.0861. The van der Waals surface area contributed by atoms with E-state index in [0.29, 0.717) is 17.9 Å². The number of alkyl halides is 3. The van der Waals surface area contributed by atoms with Gasteiger partial charge in [0.2, 0.25) is 0 Å². The van der Waals surface area contributed by atoms with Crippen LogP contribution in [0.2, 0.25) is 0 Å². The normalized spacial score (nSPS) is 11.9. The fourth-order valence-electron chi connectivity index (χ4n) is 2.44. The van der Waals surface area contributed by atoms with Gasteiger partial charge in [-0.25, -0.2) is 4.98 Å². The first kappa shape index (κ1) is 17.3. The molecule has 23 heavy (non-hydrogen) atoms. The van der Waals surface area contributed by atoms with Crippen molar-refractivity contribution in [2.45, 2.75) is 45.7 Å². The van der Waals surface area contributed by atoms with Gasteiger partial charge in [-0.05, 0) is 25.5 Å². The lowest BCUT2D eigenvalue weighted by Gasteiger charge is -2.09. The molecule has 0 fully saturated rings. The number of imidazole rings is 1. The van der Waals surface area contributed by atoms with Gasteiger partial charge in [0.15, 0.2) is 0 Å². The van der Waals surface area contributed by atoms with Crippen molar-refractivity contribution in [2.75, 3.05) is 6.54 Å². The number of fused-ring (bicyclic) bond motifs is 1. The Kier molecular flexibility index (Phi) is 5.28. The van der Waals surface area contributed by atoms with Gasteiger partial charge in [0.25, 0.3) is 5.91 Å². The summed E-state index contributed by atoms with van der Waals surface area (Å²) in [6, 6.07) is 2.24. The number of amides is 1. The van der Waals surface area contributed by atoms with Crippen LogP contribution in [0.5, 0.6) is 0 Å². The summed E-state index contributed by atoms with van der Waals surface area (Å²) >= 11 is 0. The van der Waals surface area contributed by atoms with Gasteiger partial charge in [-0.15, -0.1) is 0 Å². The lowest BCUT2D eigenvalue weighted by atomic mass is 10.2. The van der Waals surface area contributed by atoms with E-state index in [1.165, 1.54) is 10.5 Å². The molecule has 0 radical (unpaired) electrons. The number of rotatable bonds is 6. The molecule has 0 aliphatic rings. The zero-order chi connectivity index (χ0) is 17.0. The molecule has 0 unspecified atom stereocenters. The fourth-order valence-corrected chi connectivity index (χ4v) is 2.44. The van der Waals surface area contributed by atoms with E-state index < -0.39 is 17.6 Å². The third-order valence-corrected chi connectivity index (χ3v) is 3.65. The summed E-state index contributed by atoms with van der Waals surface area (Å²) in [5, 5.41) is 2.75.